The molecule has 0 saturated carbocycles. The molecule has 0 saturated heterocycles. The Hall–Kier alpha value is -16.9. The molecule has 0 atom stereocenters. The third kappa shape index (κ3) is 14.7. The molecule has 0 aliphatic carbocycles. The number of thiophene rings is 4. The van der Waals surface area contributed by atoms with E-state index in [1.807, 2.05) is 158 Å². The second-order valence-corrected chi connectivity index (χ2v) is 41.7. The topological polar surface area (TPSA) is 181 Å². The van der Waals surface area contributed by atoms with Gasteiger partial charge in [-0.1, -0.05) is 261 Å². The molecule has 141 heavy (non-hydrogen) atoms. The van der Waals surface area contributed by atoms with Crippen LogP contribution >= 0.6 is 79.4 Å². The Morgan fingerprint density at radius 1 is 0.149 bits per heavy atom. The SMILES string of the molecule is c1ccc(-c2nc(-c3ccc4oc5ccccc5c4c3)nc(-c3cccc4sc5ccc(-c6nc7ccccc7s6)cc5c34)n2)cc1.c1ccc(-c2nc(-c3cccc4c3sc3ccccc34)nc(-c3cccc4sc5ccc(-c6nc7ccccc7s6)cc5c34)n2)cc1.c1ccc(-c2nc(-c3cccc4oc5ccccc5c34)nc(-c3cccc4sc5ccc(-c6nc7ccccc7s6)cc5c34)n2)cc1. The first-order chi connectivity index (χ1) is 69.8. The number of hydrogen-bond donors (Lipinski definition) is 0. The number of benzene rings is 18. The number of hydrogen-bond acceptors (Lipinski definition) is 21. The molecule has 0 aliphatic heterocycles. The highest BCUT2D eigenvalue weighted by Crippen LogP contribution is 2.50. The molecule has 18 aromatic carbocycles. The molecule has 0 bridgehead atoms. The van der Waals surface area contributed by atoms with Crippen LogP contribution in [0.2, 0.25) is 0 Å². The van der Waals surface area contributed by atoms with E-state index in [2.05, 4.69) is 243 Å². The van der Waals surface area contributed by atoms with Gasteiger partial charge in [-0.05, 0) is 140 Å². The van der Waals surface area contributed by atoms with Crippen molar-refractivity contribution in [3.8, 4) is 134 Å². The number of fused-ring (bicyclic) bond motifs is 21. The van der Waals surface area contributed by atoms with Crippen LogP contribution in [0.1, 0.15) is 0 Å². The van der Waals surface area contributed by atoms with Gasteiger partial charge in [0.2, 0.25) is 0 Å². The summed E-state index contributed by atoms with van der Waals surface area (Å²) in [6.07, 6.45) is 0. The number of furan rings is 2. The number of aromatic nitrogens is 12. The average molecular weight is 1930 g/mol. The van der Waals surface area contributed by atoms with Gasteiger partial charge in [-0.3, -0.25) is 0 Å². The zero-order chi connectivity index (χ0) is 92.7. The second kappa shape index (κ2) is 34.1. The molecule has 0 N–H and O–H groups in total. The predicted octanol–water partition coefficient (Wildman–Crippen LogP) is 34.7. The molecule has 12 heterocycles. The van der Waals surface area contributed by atoms with Crippen LogP contribution in [0.15, 0.2) is 409 Å². The third-order valence-electron chi connectivity index (χ3n) is 25.8. The highest BCUT2D eigenvalue weighted by molar-refractivity contribution is 7.27. The normalized spacial score (nSPS) is 11.8. The lowest BCUT2D eigenvalue weighted by molar-refractivity contribution is 0.668. The van der Waals surface area contributed by atoms with Gasteiger partial charge in [0.15, 0.2) is 52.4 Å². The first-order valence-corrected chi connectivity index (χ1v) is 51.6. The van der Waals surface area contributed by atoms with E-state index in [-0.39, 0.29) is 0 Å². The molecule has 12 aromatic heterocycles. The van der Waals surface area contributed by atoms with Crippen molar-refractivity contribution >= 4 is 235 Å². The van der Waals surface area contributed by atoms with Crippen LogP contribution in [0.5, 0.6) is 0 Å². The summed E-state index contributed by atoms with van der Waals surface area (Å²) in [5, 5.41) is 16.6. The summed E-state index contributed by atoms with van der Waals surface area (Å²) >= 11 is 12.3. The standard InChI is InChI=1S/2C40H22N4OS2.C40H22N4S3/c1-2-10-23(11-3-1)37-42-38(26-13-8-17-31-35(26)25-12-4-6-16-30(25)45-31)44-39(43-37)27-14-9-19-34-36(27)28-22-24(20-21-32(28)46-34)40-41-29-15-5-7-18-33(29)47-40;1-2-9-23(10-3-1)37-42-38(24-17-19-32-28(21-24)26-11-4-6-14-31(26)45-32)44-39(43-37)27-12-8-16-35-36(27)29-22-25(18-20-33(29)46-35)40-41-30-13-5-7-15-34(30)47-40;1-2-10-23(11-3-1)37-42-38(44-39(43-37)28-15-8-13-26-25-12-4-6-17-31(25)46-36(26)28)27-14-9-19-34-35(27)29-22-24(20-21-32(29)45-34)40-41-30-16-5-7-18-33(30)47-40/h3*1-22H. The summed E-state index contributed by atoms with van der Waals surface area (Å²) in [7, 11) is 0. The summed E-state index contributed by atoms with van der Waals surface area (Å²) in [6, 6.07) is 138. The van der Waals surface area contributed by atoms with Crippen LogP contribution in [-0.2, 0) is 0 Å². The molecule has 0 radical (unpaired) electrons. The Labute approximate surface area is 830 Å². The number of para-hydroxylation sites is 5. The summed E-state index contributed by atoms with van der Waals surface area (Å²) < 4.78 is 25.6. The lowest BCUT2D eigenvalue weighted by atomic mass is 10.0. The summed E-state index contributed by atoms with van der Waals surface area (Å²) in [5.41, 5.74) is 18.4. The molecule has 0 amide bonds. The smallest absolute Gasteiger partial charge is 0.165 e. The Morgan fingerprint density at radius 3 is 0.908 bits per heavy atom. The average Bonchev–Trinajstić information content (AvgIpc) is 1.67. The fourth-order valence-corrected chi connectivity index (χ4v) is 26.6. The van der Waals surface area contributed by atoms with Gasteiger partial charge >= 0.3 is 0 Å². The predicted molar refractivity (Wildman–Crippen MR) is 590 cm³/mol. The number of thiazole rings is 3. The minimum atomic E-state index is 0.609. The van der Waals surface area contributed by atoms with Crippen LogP contribution in [0.3, 0.4) is 0 Å². The molecular formula is C120H66N12O2S7. The summed E-state index contributed by atoms with van der Waals surface area (Å²) in [5.74, 6) is 5.77. The lowest BCUT2D eigenvalue weighted by Crippen LogP contribution is -2.00. The van der Waals surface area contributed by atoms with Crippen molar-refractivity contribution in [2.45, 2.75) is 0 Å². The van der Waals surface area contributed by atoms with Crippen molar-refractivity contribution in [1.29, 1.82) is 0 Å². The van der Waals surface area contributed by atoms with E-state index in [0.717, 1.165) is 158 Å². The molecule has 21 heteroatoms. The Morgan fingerprint density at radius 2 is 0.447 bits per heavy atom. The highest BCUT2D eigenvalue weighted by atomic mass is 32.1. The van der Waals surface area contributed by atoms with Crippen molar-refractivity contribution in [2.24, 2.45) is 0 Å². The van der Waals surface area contributed by atoms with E-state index in [4.69, 9.17) is 68.6 Å². The maximum Gasteiger partial charge on any atom is 0.165 e. The maximum absolute atomic E-state index is 6.23. The number of nitrogens with zero attached hydrogens (tertiary/aromatic N) is 12. The van der Waals surface area contributed by atoms with E-state index < -0.39 is 0 Å². The van der Waals surface area contributed by atoms with Crippen LogP contribution < -0.4 is 0 Å². The van der Waals surface area contributed by atoms with Crippen molar-refractivity contribution in [3.63, 3.8) is 0 Å². The Kier molecular flexibility index (Phi) is 19.9. The van der Waals surface area contributed by atoms with Crippen molar-refractivity contribution in [2.75, 3.05) is 0 Å². The van der Waals surface area contributed by atoms with Gasteiger partial charge in [-0.15, -0.1) is 79.4 Å². The summed E-state index contributed by atoms with van der Waals surface area (Å²) in [4.78, 5) is 61.0. The molecule has 0 aliphatic rings. The zero-order valence-corrected chi connectivity index (χ0v) is 79.9. The quantitative estimate of drug-likeness (QED) is 0.113. The van der Waals surface area contributed by atoms with Gasteiger partial charge in [-0.2, -0.15) is 0 Å². The summed E-state index contributed by atoms with van der Waals surface area (Å²) in [6.45, 7) is 0. The zero-order valence-electron chi connectivity index (χ0n) is 74.1. The third-order valence-corrected chi connectivity index (χ3v) is 33.6. The molecule has 30 rings (SSSR count). The molecule has 660 valence electrons. The van der Waals surface area contributed by atoms with Gasteiger partial charge < -0.3 is 8.83 Å². The minimum Gasteiger partial charge on any atom is -0.456 e. The highest BCUT2D eigenvalue weighted by Gasteiger charge is 2.27. The first kappa shape index (κ1) is 82.4. The molecule has 14 nitrogen and oxygen atoms in total. The van der Waals surface area contributed by atoms with E-state index >= 15 is 0 Å². The van der Waals surface area contributed by atoms with Crippen LogP contribution in [0, 0.1) is 0 Å². The fourth-order valence-electron chi connectivity index (χ4n) is 19.2. The van der Waals surface area contributed by atoms with E-state index in [1.54, 1.807) is 79.4 Å². The maximum atomic E-state index is 6.23. The Bertz CT molecular complexity index is 10200. The second-order valence-electron chi connectivity index (χ2n) is 34.3. The van der Waals surface area contributed by atoms with E-state index in [9.17, 15) is 0 Å². The molecule has 30 aromatic rings. The molecule has 0 unspecified atom stereocenters. The van der Waals surface area contributed by atoms with Gasteiger partial charge in [0, 0.05) is 169 Å². The van der Waals surface area contributed by atoms with Crippen molar-refractivity contribution < 1.29 is 8.83 Å². The monoisotopic (exact) mass is 1930 g/mol. The van der Waals surface area contributed by atoms with Crippen LogP contribution in [-0.4, -0.2) is 59.8 Å². The van der Waals surface area contributed by atoms with Crippen molar-refractivity contribution in [1.82, 2.24) is 59.8 Å². The van der Waals surface area contributed by atoms with Gasteiger partial charge in [0.1, 0.15) is 37.4 Å². The van der Waals surface area contributed by atoms with E-state index in [1.165, 1.54) is 78.6 Å². The Balaban J connectivity index is 0.000000104. The lowest BCUT2D eigenvalue weighted by Gasteiger charge is -2.10. The molecule has 0 spiro atoms. The van der Waals surface area contributed by atoms with Crippen LogP contribution in [0.25, 0.3) is 289 Å². The number of rotatable bonds is 12. The first-order valence-electron chi connectivity index (χ1n) is 45.9. The van der Waals surface area contributed by atoms with Crippen LogP contribution in [0.4, 0.5) is 0 Å². The van der Waals surface area contributed by atoms with Gasteiger partial charge in [-0.25, -0.2) is 59.8 Å². The van der Waals surface area contributed by atoms with Gasteiger partial charge in [0.25, 0.3) is 0 Å². The molecular weight excluding hydrogens is 1870 g/mol. The van der Waals surface area contributed by atoms with E-state index in [0.29, 0.717) is 52.4 Å². The largest absolute Gasteiger partial charge is 0.456 e. The molecule has 0 fully saturated rings. The van der Waals surface area contributed by atoms with Crippen molar-refractivity contribution in [3.05, 3.63) is 400 Å². The fraction of sp³-hybridized carbons (Fsp3) is 0. The van der Waals surface area contributed by atoms with Gasteiger partial charge in [0.05, 0.1) is 30.6 Å². The minimum absolute atomic E-state index is 0.609.